The van der Waals surface area contributed by atoms with E-state index in [1.165, 1.54) is 25.2 Å². The van der Waals surface area contributed by atoms with Crippen molar-refractivity contribution in [1.29, 1.82) is 0 Å². The first kappa shape index (κ1) is 18.2. The fourth-order valence-electron chi connectivity index (χ4n) is 2.24. The Kier molecular flexibility index (Phi) is 6.54. The van der Waals surface area contributed by atoms with Crippen molar-refractivity contribution in [3.05, 3.63) is 30.6 Å². The number of methoxy groups -OCH3 is 1. The molecule has 1 aromatic heterocycles. The molecule has 0 saturated carbocycles. The number of esters is 1. The van der Waals surface area contributed by atoms with Crippen LogP contribution in [0.4, 0.5) is 0 Å². The fraction of sp³-hybridized carbons (Fsp3) is 0.412. The van der Waals surface area contributed by atoms with Crippen LogP contribution >= 0.6 is 11.8 Å². The van der Waals surface area contributed by atoms with Gasteiger partial charge in [-0.15, -0.1) is 0 Å². The maximum Gasteiger partial charge on any atom is 0.328 e. The predicted octanol–water partition coefficient (Wildman–Crippen LogP) is 2.43. The van der Waals surface area contributed by atoms with Crippen molar-refractivity contribution in [1.82, 2.24) is 15.3 Å². The molecule has 0 fully saturated rings. The Hall–Kier alpha value is -2.15. The summed E-state index contributed by atoms with van der Waals surface area (Å²) in [6.45, 7) is 3.88. The first-order valence-corrected chi connectivity index (χ1v) is 8.75. The number of rotatable bonds is 7. The first-order chi connectivity index (χ1) is 11.6. The van der Waals surface area contributed by atoms with E-state index >= 15 is 0 Å². The molecule has 0 unspecified atom stereocenters. The molecular formula is C17H21N3O3S. The molecule has 0 aliphatic heterocycles. The summed E-state index contributed by atoms with van der Waals surface area (Å²) in [6.07, 6.45) is 2.25. The van der Waals surface area contributed by atoms with Crippen molar-refractivity contribution >= 4 is 34.5 Å². The highest BCUT2D eigenvalue weighted by Crippen LogP contribution is 2.24. The van der Waals surface area contributed by atoms with Crippen LogP contribution in [0.3, 0.4) is 0 Å². The van der Waals surface area contributed by atoms with Gasteiger partial charge in [0.05, 0.1) is 18.4 Å². The molecule has 6 nitrogen and oxygen atoms in total. The lowest BCUT2D eigenvalue weighted by atomic mass is 9.99. The van der Waals surface area contributed by atoms with Crippen LogP contribution in [0, 0.1) is 5.92 Å². The molecule has 1 aromatic carbocycles. The smallest absolute Gasteiger partial charge is 0.328 e. The number of aromatic nitrogens is 2. The Morgan fingerprint density at radius 1 is 1.29 bits per heavy atom. The van der Waals surface area contributed by atoms with Gasteiger partial charge in [-0.2, -0.15) is 0 Å². The number of fused-ring (bicyclic) bond motifs is 1. The standard InChI is InChI=1S/C17H21N3O3S/c1-4-11(2)15(17(22)23-3)20-14(21)9-24-16-12-7-5-6-8-13(12)18-10-19-16/h5-8,10-11,15H,4,9H2,1-3H3,(H,20,21)/t11-,15-/m0/s1. The van der Waals surface area contributed by atoms with Crippen LogP contribution in [0.2, 0.25) is 0 Å². The van der Waals surface area contributed by atoms with Gasteiger partial charge in [0.25, 0.3) is 0 Å². The maximum atomic E-state index is 12.2. The highest BCUT2D eigenvalue weighted by atomic mass is 32.2. The number of nitrogens with one attached hydrogen (secondary N) is 1. The van der Waals surface area contributed by atoms with E-state index in [0.29, 0.717) is 0 Å². The Morgan fingerprint density at radius 2 is 2.04 bits per heavy atom. The number of amides is 1. The Labute approximate surface area is 145 Å². The molecule has 0 radical (unpaired) electrons. The van der Waals surface area contributed by atoms with Crippen molar-refractivity contribution < 1.29 is 14.3 Å². The number of carbonyl (C=O) groups is 2. The lowest BCUT2D eigenvalue weighted by Gasteiger charge is -2.21. The van der Waals surface area contributed by atoms with E-state index in [0.717, 1.165) is 22.3 Å². The molecule has 1 amide bonds. The zero-order chi connectivity index (χ0) is 17.5. The van der Waals surface area contributed by atoms with Gasteiger partial charge in [-0.3, -0.25) is 4.79 Å². The van der Waals surface area contributed by atoms with E-state index in [4.69, 9.17) is 4.74 Å². The number of thioether (sulfide) groups is 1. The van der Waals surface area contributed by atoms with E-state index in [-0.39, 0.29) is 17.6 Å². The molecule has 2 aromatic rings. The Bertz CT molecular complexity index is 718. The van der Waals surface area contributed by atoms with E-state index in [2.05, 4.69) is 15.3 Å². The number of benzene rings is 1. The second kappa shape index (κ2) is 8.63. The Morgan fingerprint density at radius 3 is 2.75 bits per heavy atom. The van der Waals surface area contributed by atoms with Gasteiger partial charge in [-0.25, -0.2) is 14.8 Å². The number of para-hydroxylation sites is 1. The lowest BCUT2D eigenvalue weighted by Crippen LogP contribution is -2.46. The largest absolute Gasteiger partial charge is 0.467 e. The summed E-state index contributed by atoms with van der Waals surface area (Å²) in [5.41, 5.74) is 0.836. The van der Waals surface area contributed by atoms with Crippen molar-refractivity contribution in [2.24, 2.45) is 5.92 Å². The van der Waals surface area contributed by atoms with Gasteiger partial charge in [0.15, 0.2) is 0 Å². The average Bonchev–Trinajstić information content (AvgIpc) is 2.63. The number of hydrogen-bond donors (Lipinski definition) is 1. The third-order valence-corrected chi connectivity index (χ3v) is 4.84. The molecule has 0 aliphatic rings. The highest BCUT2D eigenvalue weighted by molar-refractivity contribution is 8.00. The third-order valence-electron chi connectivity index (χ3n) is 3.83. The van der Waals surface area contributed by atoms with Crippen molar-refractivity contribution in [2.75, 3.05) is 12.9 Å². The lowest BCUT2D eigenvalue weighted by molar-refractivity contribution is -0.146. The van der Waals surface area contributed by atoms with Gasteiger partial charge < -0.3 is 10.1 Å². The zero-order valence-electron chi connectivity index (χ0n) is 14.0. The molecule has 7 heteroatoms. The predicted molar refractivity (Wildman–Crippen MR) is 93.7 cm³/mol. The summed E-state index contributed by atoms with van der Waals surface area (Å²) in [7, 11) is 1.33. The molecule has 2 atom stereocenters. The monoisotopic (exact) mass is 347 g/mol. The van der Waals surface area contributed by atoms with Crippen molar-refractivity contribution in [3.8, 4) is 0 Å². The first-order valence-electron chi connectivity index (χ1n) is 7.76. The van der Waals surface area contributed by atoms with Gasteiger partial charge >= 0.3 is 5.97 Å². The van der Waals surface area contributed by atoms with Gasteiger partial charge in [0, 0.05) is 5.39 Å². The van der Waals surface area contributed by atoms with Gasteiger partial charge in [0.1, 0.15) is 17.4 Å². The zero-order valence-corrected chi connectivity index (χ0v) is 14.8. The molecule has 0 saturated heterocycles. The maximum absolute atomic E-state index is 12.2. The van der Waals surface area contributed by atoms with Gasteiger partial charge in [0.2, 0.25) is 5.91 Å². The minimum atomic E-state index is -0.629. The minimum absolute atomic E-state index is 0.00582. The number of hydrogen-bond acceptors (Lipinski definition) is 6. The van der Waals surface area contributed by atoms with E-state index in [1.807, 2.05) is 38.1 Å². The summed E-state index contributed by atoms with van der Waals surface area (Å²) in [4.78, 5) is 32.5. The second-order valence-corrected chi connectivity index (χ2v) is 6.40. The molecule has 0 bridgehead atoms. The molecule has 1 heterocycles. The number of nitrogens with zero attached hydrogens (tertiary/aromatic N) is 2. The molecule has 0 spiro atoms. The quantitative estimate of drug-likeness (QED) is 0.471. The van der Waals surface area contributed by atoms with Gasteiger partial charge in [-0.1, -0.05) is 50.2 Å². The number of ether oxygens (including phenoxy) is 1. The highest BCUT2D eigenvalue weighted by Gasteiger charge is 2.26. The van der Waals surface area contributed by atoms with Crippen LogP contribution in [-0.4, -0.2) is 40.7 Å². The summed E-state index contributed by atoms with van der Waals surface area (Å²) in [5.74, 6) is -0.467. The van der Waals surface area contributed by atoms with Gasteiger partial charge in [-0.05, 0) is 12.0 Å². The average molecular weight is 347 g/mol. The SMILES string of the molecule is CC[C@H](C)[C@H](NC(=O)CSc1ncnc2ccccc12)C(=O)OC. The fourth-order valence-corrected chi connectivity index (χ4v) is 3.04. The number of carbonyl (C=O) groups excluding carboxylic acids is 2. The van der Waals surface area contributed by atoms with E-state index in [9.17, 15) is 9.59 Å². The molecule has 1 N–H and O–H groups in total. The van der Waals surface area contributed by atoms with E-state index in [1.54, 1.807) is 0 Å². The topological polar surface area (TPSA) is 81.2 Å². The molecule has 0 aliphatic carbocycles. The van der Waals surface area contributed by atoms with Crippen LogP contribution in [0.5, 0.6) is 0 Å². The van der Waals surface area contributed by atoms with Crippen LogP contribution in [0.25, 0.3) is 10.9 Å². The second-order valence-electron chi connectivity index (χ2n) is 5.44. The third kappa shape index (κ3) is 4.44. The molecule has 24 heavy (non-hydrogen) atoms. The Balaban J connectivity index is 2.02. The minimum Gasteiger partial charge on any atom is -0.467 e. The molecule has 2 rings (SSSR count). The summed E-state index contributed by atoms with van der Waals surface area (Å²) in [6, 6.07) is 7.01. The molecule has 128 valence electrons. The molecular weight excluding hydrogens is 326 g/mol. The summed E-state index contributed by atoms with van der Waals surface area (Å²) in [5, 5.41) is 4.41. The van der Waals surface area contributed by atoms with Crippen molar-refractivity contribution in [2.45, 2.75) is 31.3 Å². The van der Waals surface area contributed by atoms with Crippen LogP contribution < -0.4 is 5.32 Å². The van der Waals surface area contributed by atoms with Crippen LogP contribution in [0.1, 0.15) is 20.3 Å². The van der Waals surface area contributed by atoms with Crippen LogP contribution in [0.15, 0.2) is 35.6 Å². The summed E-state index contributed by atoms with van der Waals surface area (Å²) < 4.78 is 4.78. The normalized spacial score (nSPS) is 13.3. The van der Waals surface area contributed by atoms with Crippen LogP contribution in [-0.2, 0) is 14.3 Å². The van der Waals surface area contributed by atoms with Crippen molar-refractivity contribution in [3.63, 3.8) is 0 Å². The summed E-state index contributed by atoms with van der Waals surface area (Å²) >= 11 is 1.32. The van der Waals surface area contributed by atoms with E-state index < -0.39 is 12.0 Å².